The molecule has 5 N–H and O–H groups in total. The number of anilines is 2. The number of phenols is 1. The summed E-state index contributed by atoms with van der Waals surface area (Å²) in [7, 11) is 0. The van der Waals surface area contributed by atoms with E-state index in [9.17, 15) is 18.4 Å². The third-order valence-electron chi connectivity index (χ3n) is 4.23. The van der Waals surface area contributed by atoms with Gasteiger partial charge in [0.2, 0.25) is 5.91 Å². The molecule has 0 bridgehead atoms. The molecule has 0 radical (unpaired) electrons. The van der Waals surface area contributed by atoms with Gasteiger partial charge < -0.3 is 5.32 Å². The van der Waals surface area contributed by atoms with Crippen molar-refractivity contribution in [2.45, 2.75) is 33.1 Å². The van der Waals surface area contributed by atoms with E-state index < -0.39 is 30.2 Å². The number of nitrogens with one attached hydrogen (secondary N) is 2. The van der Waals surface area contributed by atoms with Crippen LogP contribution in [-0.2, 0) is 13.3 Å². The normalized spacial score (nSPS) is 15.2. The first-order valence-electron chi connectivity index (χ1n) is 9.06. The van der Waals surface area contributed by atoms with Crippen molar-refractivity contribution < 1.29 is 26.6 Å². The number of amides is 2. The number of carbonyl (C=O) groups is 2. The van der Waals surface area contributed by atoms with Gasteiger partial charge in [0.25, 0.3) is 0 Å². The number of benzene rings is 2. The van der Waals surface area contributed by atoms with Gasteiger partial charge in [-0.2, -0.15) is 0 Å². The summed E-state index contributed by atoms with van der Waals surface area (Å²) < 4.78 is 28.6. The van der Waals surface area contributed by atoms with Crippen molar-refractivity contribution in [3.8, 4) is 5.75 Å². The molecule has 0 spiro atoms. The summed E-state index contributed by atoms with van der Waals surface area (Å²) in [5.41, 5.74) is 2.09. The minimum absolute atomic E-state index is 0.0602. The molecule has 2 aromatic carbocycles. The molecule has 0 fully saturated rings. The Morgan fingerprint density at radius 2 is 1.83 bits per heavy atom. The number of para-hydroxylation sites is 1. The van der Waals surface area contributed by atoms with Crippen LogP contribution in [0.5, 0.6) is 5.75 Å². The predicted octanol–water partition coefficient (Wildman–Crippen LogP) is 1.68. The Labute approximate surface area is 172 Å². The van der Waals surface area contributed by atoms with Gasteiger partial charge in [0.1, 0.15) is 0 Å². The number of fused-ring (bicyclic) bond motifs is 1. The summed E-state index contributed by atoms with van der Waals surface area (Å²) in [5, 5.41) is 14.5. The Morgan fingerprint density at radius 3 is 2.41 bits per heavy atom. The van der Waals surface area contributed by atoms with Crippen molar-refractivity contribution in [2.75, 3.05) is 10.6 Å². The van der Waals surface area contributed by atoms with Gasteiger partial charge in [0.05, 0.1) is 5.92 Å². The summed E-state index contributed by atoms with van der Waals surface area (Å²) in [6.45, 7) is 5.50. The SMILES string of the molecule is CC(=O)Nc1cccc(O)c1[As](=O)(O)O.CC(C)CC1C(=O)Nc2ccccc21. The monoisotopic (exact) mass is 464 g/mol. The molecular formula is C20H25AsN2O6. The third-order valence-corrected chi connectivity index (χ3v) is 6.44. The molecule has 3 rings (SSSR count). The Balaban J connectivity index is 0.000000207. The first-order chi connectivity index (χ1) is 13.5. The molecule has 2 aromatic rings. The van der Waals surface area contributed by atoms with Gasteiger partial charge >= 0.3 is 88.1 Å². The van der Waals surface area contributed by atoms with Crippen LogP contribution in [0.15, 0.2) is 42.5 Å². The largest absolute Gasteiger partial charge is 0.325 e. The molecule has 1 aliphatic heterocycles. The first kappa shape index (κ1) is 22.7. The van der Waals surface area contributed by atoms with Crippen LogP contribution in [0.1, 0.15) is 38.7 Å². The summed E-state index contributed by atoms with van der Waals surface area (Å²) in [6.07, 6.45) is 0.933. The first-order valence-corrected chi connectivity index (χ1v) is 12.4. The van der Waals surface area contributed by atoms with Crippen molar-refractivity contribution >= 4 is 41.7 Å². The van der Waals surface area contributed by atoms with Gasteiger partial charge in [-0.15, -0.1) is 0 Å². The Hall–Kier alpha value is -2.54. The predicted molar refractivity (Wildman–Crippen MR) is 110 cm³/mol. The fraction of sp³-hybridized carbons (Fsp3) is 0.300. The zero-order chi connectivity index (χ0) is 21.8. The third kappa shape index (κ3) is 5.97. The van der Waals surface area contributed by atoms with Gasteiger partial charge in [-0.3, -0.25) is 4.79 Å². The fourth-order valence-electron chi connectivity index (χ4n) is 3.11. The molecule has 1 unspecified atom stereocenters. The standard InChI is InChI=1S/C12H15NO.C8H10AsNO5/c1-8(2)7-10-9-5-3-4-6-11(9)13-12(10)14;1-5(11)10-6-3-2-4-7(12)8(6)9(13,14)15/h3-6,8,10H,7H2,1-2H3,(H,13,14);2-4,12H,1H3,(H,10,11)(H2,13,14,15). The number of hydrogen-bond acceptors (Lipinski definition) is 4. The minimum Gasteiger partial charge on any atom is -0.325 e. The van der Waals surface area contributed by atoms with E-state index in [0.29, 0.717) is 5.92 Å². The van der Waals surface area contributed by atoms with Crippen molar-refractivity contribution in [1.82, 2.24) is 0 Å². The topological polar surface area (TPSA) is 136 Å². The molecule has 1 aliphatic rings. The van der Waals surface area contributed by atoms with Crippen LogP contribution < -0.4 is 15.0 Å². The molecule has 156 valence electrons. The van der Waals surface area contributed by atoms with E-state index in [0.717, 1.165) is 23.7 Å². The molecule has 2 amide bonds. The molecule has 29 heavy (non-hydrogen) atoms. The van der Waals surface area contributed by atoms with Gasteiger partial charge in [-0.05, 0) is 24.0 Å². The molecule has 0 saturated heterocycles. The molecule has 0 aliphatic carbocycles. The Morgan fingerprint density at radius 1 is 1.17 bits per heavy atom. The van der Waals surface area contributed by atoms with Crippen LogP contribution in [0.3, 0.4) is 0 Å². The van der Waals surface area contributed by atoms with Crippen LogP contribution in [0, 0.1) is 5.92 Å². The van der Waals surface area contributed by atoms with Gasteiger partial charge in [-0.1, -0.05) is 32.0 Å². The number of rotatable bonds is 4. The molecular weight excluding hydrogens is 439 g/mol. The molecule has 0 aromatic heterocycles. The summed E-state index contributed by atoms with van der Waals surface area (Å²) in [5.74, 6) is -0.220. The summed E-state index contributed by atoms with van der Waals surface area (Å²) >= 11 is -5.25. The average molecular weight is 464 g/mol. The number of hydrogen-bond donors (Lipinski definition) is 5. The molecule has 0 saturated carbocycles. The van der Waals surface area contributed by atoms with Gasteiger partial charge in [-0.25, -0.2) is 0 Å². The Bertz CT molecular complexity index is 954. The maximum Gasteiger partial charge on any atom is 0.232 e. The van der Waals surface area contributed by atoms with Crippen molar-refractivity contribution in [1.29, 1.82) is 0 Å². The average Bonchev–Trinajstić information content (AvgIpc) is 2.89. The van der Waals surface area contributed by atoms with Gasteiger partial charge in [0, 0.05) is 5.69 Å². The molecule has 9 heteroatoms. The van der Waals surface area contributed by atoms with Crippen LogP contribution in [0.25, 0.3) is 0 Å². The maximum absolute atomic E-state index is 11.7. The molecule has 8 nitrogen and oxygen atoms in total. The summed E-state index contributed by atoms with van der Waals surface area (Å²) in [4.78, 5) is 22.4. The fourth-order valence-corrected chi connectivity index (χ4v) is 4.82. The van der Waals surface area contributed by atoms with Crippen LogP contribution >= 0.6 is 0 Å². The smallest absolute Gasteiger partial charge is 0.232 e. The maximum atomic E-state index is 11.7. The van der Waals surface area contributed by atoms with E-state index in [-0.39, 0.29) is 17.5 Å². The Kier molecular flexibility index (Phi) is 7.30. The van der Waals surface area contributed by atoms with E-state index in [1.165, 1.54) is 19.1 Å². The van der Waals surface area contributed by atoms with Crippen LogP contribution in [0.4, 0.5) is 11.4 Å². The van der Waals surface area contributed by atoms with Crippen molar-refractivity contribution in [3.63, 3.8) is 0 Å². The van der Waals surface area contributed by atoms with Crippen LogP contribution in [-0.4, -0.2) is 39.3 Å². The molecule has 1 atom stereocenters. The second-order valence-corrected chi connectivity index (χ2v) is 10.4. The minimum atomic E-state index is -5.25. The second kappa shape index (κ2) is 9.30. The summed E-state index contributed by atoms with van der Waals surface area (Å²) in [6, 6.07) is 11.8. The van der Waals surface area contributed by atoms with Crippen molar-refractivity contribution in [3.05, 3.63) is 48.0 Å². The van der Waals surface area contributed by atoms with Gasteiger partial charge in [0.15, 0.2) is 0 Å². The zero-order valence-corrected chi connectivity index (χ0v) is 18.3. The van der Waals surface area contributed by atoms with Crippen LogP contribution in [0.2, 0.25) is 0 Å². The zero-order valence-electron chi connectivity index (χ0n) is 16.4. The molecule has 1 heterocycles. The number of aromatic hydroxyl groups is 1. The van der Waals surface area contributed by atoms with Crippen molar-refractivity contribution in [2.24, 2.45) is 5.92 Å². The van der Waals surface area contributed by atoms with E-state index in [4.69, 9.17) is 8.19 Å². The van der Waals surface area contributed by atoms with E-state index in [1.54, 1.807) is 0 Å². The van der Waals surface area contributed by atoms with E-state index in [2.05, 4.69) is 24.5 Å². The number of phenolic OH excluding ortho intramolecular Hbond substituents is 1. The number of carbonyl (C=O) groups excluding carboxylic acids is 2. The second-order valence-electron chi connectivity index (χ2n) is 7.16. The van der Waals surface area contributed by atoms with E-state index in [1.807, 2.05) is 24.3 Å². The quantitative estimate of drug-likeness (QED) is 0.437. The van der Waals surface area contributed by atoms with E-state index >= 15 is 0 Å².